The molecule has 2 aromatic carbocycles. The highest BCUT2D eigenvalue weighted by molar-refractivity contribution is 5.76. The van der Waals surface area contributed by atoms with Crippen LogP contribution >= 0.6 is 0 Å². The molecule has 0 atom stereocenters. The number of aromatic nitrogens is 1. The quantitative estimate of drug-likeness (QED) is 0.385. The van der Waals surface area contributed by atoms with Gasteiger partial charge in [-0.25, -0.2) is 0 Å². The summed E-state index contributed by atoms with van der Waals surface area (Å²) in [5.41, 5.74) is 7.37. The summed E-state index contributed by atoms with van der Waals surface area (Å²) >= 11 is 0. The van der Waals surface area contributed by atoms with Crippen molar-refractivity contribution in [3.63, 3.8) is 0 Å². The minimum Gasteiger partial charge on any atom is -0.310 e. The van der Waals surface area contributed by atoms with E-state index in [1.807, 2.05) is 13.1 Å². The lowest BCUT2D eigenvalue weighted by molar-refractivity contribution is 0.795. The highest BCUT2D eigenvalue weighted by Crippen LogP contribution is 2.34. The highest BCUT2D eigenvalue weighted by Gasteiger charge is 2.13. The fraction of sp³-hybridized carbons (Fsp3) is 0.346. The van der Waals surface area contributed by atoms with E-state index < -0.39 is 0 Å². The van der Waals surface area contributed by atoms with Gasteiger partial charge in [-0.2, -0.15) is 0 Å². The van der Waals surface area contributed by atoms with E-state index in [0.29, 0.717) is 0 Å². The largest absolute Gasteiger partial charge is 0.310 e. The predicted molar refractivity (Wildman–Crippen MR) is 121 cm³/mol. The summed E-state index contributed by atoms with van der Waals surface area (Å²) in [4.78, 5) is 6.70. The number of hydrogen-bond acceptors (Lipinski definition) is 2. The van der Waals surface area contributed by atoms with Gasteiger partial charge < -0.3 is 4.90 Å². The Morgan fingerprint density at radius 1 is 0.679 bits per heavy atom. The zero-order valence-corrected chi connectivity index (χ0v) is 17.5. The van der Waals surface area contributed by atoms with E-state index in [2.05, 4.69) is 84.4 Å². The molecule has 0 spiro atoms. The van der Waals surface area contributed by atoms with Gasteiger partial charge in [0.25, 0.3) is 0 Å². The summed E-state index contributed by atoms with van der Waals surface area (Å²) in [5.74, 6) is 0. The molecule has 0 saturated carbocycles. The number of benzene rings is 2. The molecule has 0 radical (unpaired) electrons. The monoisotopic (exact) mass is 372 g/mol. The Hall–Kier alpha value is -2.61. The standard InChI is InChI=1S/C26H32N2/c1-4-6-8-22-10-14-24(15-11-22)28(26-18-19-27-21(3)20-26)25-16-12-23(13-17-25)9-7-5-2/h10-20H,4-9H2,1-3H3. The summed E-state index contributed by atoms with van der Waals surface area (Å²) in [5, 5.41) is 0. The molecule has 1 heterocycles. The van der Waals surface area contributed by atoms with Gasteiger partial charge in [0.1, 0.15) is 0 Å². The van der Waals surface area contributed by atoms with Crippen LogP contribution in [0.4, 0.5) is 17.1 Å². The van der Waals surface area contributed by atoms with Gasteiger partial charge in [0.05, 0.1) is 0 Å². The summed E-state index contributed by atoms with van der Waals surface area (Å²) < 4.78 is 0. The molecule has 0 bridgehead atoms. The second-order valence-corrected chi connectivity index (χ2v) is 7.53. The molecule has 3 rings (SSSR count). The summed E-state index contributed by atoms with van der Waals surface area (Å²) in [6, 6.07) is 22.3. The first-order valence-corrected chi connectivity index (χ1v) is 10.6. The third kappa shape index (κ3) is 5.22. The van der Waals surface area contributed by atoms with E-state index in [4.69, 9.17) is 0 Å². The molecule has 1 aromatic heterocycles. The Balaban J connectivity index is 1.93. The molecule has 0 saturated heterocycles. The van der Waals surface area contributed by atoms with Crippen molar-refractivity contribution >= 4 is 17.1 Å². The first-order valence-electron chi connectivity index (χ1n) is 10.6. The molecule has 28 heavy (non-hydrogen) atoms. The molecule has 2 heteroatoms. The fourth-order valence-corrected chi connectivity index (χ4v) is 3.50. The molecule has 0 fully saturated rings. The van der Waals surface area contributed by atoms with Crippen LogP contribution in [0.3, 0.4) is 0 Å². The molecule has 0 unspecified atom stereocenters. The van der Waals surface area contributed by atoms with Gasteiger partial charge in [-0.1, -0.05) is 51.0 Å². The van der Waals surface area contributed by atoms with Crippen molar-refractivity contribution in [1.82, 2.24) is 4.98 Å². The Labute approximate surface area is 170 Å². The zero-order chi connectivity index (χ0) is 19.8. The number of rotatable bonds is 9. The molecular formula is C26H32N2. The molecule has 0 N–H and O–H groups in total. The van der Waals surface area contributed by atoms with Gasteiger partial charge in [-0.15, -0.1) is 0 Å². The highest BCUT2D eigenvalue weighted by atomic mass is 15.1. The average molecular weight is 373 g/mol. The van der Waals surface area contributed by atoms with Crippen LogP contribution in [0, 0.1) is 6.92 Å². The van der Waals surface area contributed by atoms with Crippen LogP contribution in [0.5, 0.6) is 0 Å². The SMILES string of the molecule is CCCCc1ccc(N(c2ccc(CCCC)cc2)c2ccnc(C)c2)cc1. The van der Waals surface area contributed by atoms with Crippen LogP contribution in [0.25, 0.3) is 0 Å². The van der Waals surface area contributed by atoms with E-state index in [9.17, 15) is 0 Å². The Morgan fingerprint density at radius 3 is 1.61 bits per heavy atom. The van der Waals surface area contributed by atoms with Crippen LogP contribution < -0.4 is 4.90 Å². The van der Waals surface area contributed by atoms with Crippen molar-refractivity contribution in [2.45, 2.75) is 59.3 Å². The number of unbranched alkanes of at least 4 members (excludes halogenated alkanes) is 2. The molecule has 3 aromatic rings. The van der Waals surface area contributed by atoms with Gasteiger partial charge in [0.2, 0.25) is 0 Å². The van der Waals surface area contributed by atoms with Crippen LogP contribution in [-0.4, -0.2) is 4.98 Å². The molecule has 2 nitrogen and oxygen atoms in total. The Bertz CT molecular complexity index is 799. The van der Waals surface area contributed by atoms with Crippen LogP contribution in [0.15, 0.2) is 66.9 Å². The van der Waals surface area contributed by atoms with Gasteiger partial charge in [0.15, 0.2) is 0 Å². The molecule has 0 aliphatic rings. The van der Waals surface area contributed by atoms with Crippen molar-refractivity contribution in [2.24, 2.45) is 0 Å². The number of aryl methyl sites for hydroxylation is 3. The summed E-state index contributed by atoms with van der Waals surface area (Å²) in [6.07, 6.45) is 9.14. The lowest BCUT2D eigenvalue weighted by Crippen LogP contribution is -2.10. The summed E-state index contributed by atoms with van der Waals surface area (Å²) in [7, 11) is 0. The Morgan fingerprint density at radius 2 is 1.18 bits per heavy atom. The van der Waals surface area contributed by atoms with Crippen LogP contribution in [-0.2, 0) is 12.8 Å². The number of hydrogen-bond donors (Lipinski definition) is 0. The fourth-order valence-electron chi connectivity index (χ4n) is 3.50. The first-order chi connectivity index (χ1) is 13.7. The van der Waals surface area contributed by atoms with Crippen LogP contribution in [0.1, 0.15) is 56.4 Å². The van der Waals surface area contributed by atoms with Gasteiger partial charge in [-0.3, -0.25) is 4.98 Å². The van der Waals surface area contributed by atoms with E-state index in [-0.39, 0.29) is 0 Å². The minimum atomic E-state index is 1.03. The van der Waals surface area contributed by atoms with Gasteiger partial charge in [-0.05, 0) is 80.1 Å². The van der Waals surface area contributed by atoms with Gasteiger partial charge in [0, 0.05) is 29.0 Å². The molecule has 0 aliphatic heterocycles. The molecular weight excluding hydrogens is 340 g/mol. The topological polar surface area (TPSA) is 16.1 Å². The zero-order valence-electron chi connectivity index (χ0n) is 17.5. The first kappa shape index (κ1) is 20.1. The summed E-state index contributed by atoms with van der Waals surface area (Å²) in [6.45, 7) is 6.53. The van der Waals surface area contributed by atoms with E-state index in [0.717, 1.165) is 24.2 Å². The van der Waals surface area contributed by atoms with Gasteiger partial charge >= 0.3 is 0 Å². The van der Waals surface area contributed by atoms with Crippen molar-refractivity contribution < 1.29 is 0 Å². The minimum absolute atomic E-state index is 1.03. The second kappa shape index (κ2) is 10.1. The molecule has 0 amide bonds. The number of anilines is 3. The third-order valence-corrected chi connectivity index (χ3v) is 5.17. The van der Waals surface area contributed by atoms with E-state index >= 15 is 0 Å². The Kier molecular flexibility index (Phi) is 7.25. The van der Waals surface area contributed by atoms with Crippen molar-refractivity contribution in [1.29, 1.82) is 0 Å². The van der Waals surface area contributed by atoms with E-state index in [1.165, 1.54) is 48.2 Å². The van der Waals surface area contributed by atoms with Crippen molar-refractivity contribution in [3.8, 4) is 0 Å². The van der Waals surface area contributed by atoms with Crippen molar-refractivity contribution in [3.05, 3.63) is 83.7 Å². The van der Waals surface area contributed by atoms with Crippen molar-refractivity contribution in [2.75, 3.05) is 4.90 Å². The molecule has 146 valence electrons. The maximum atomic E-state index is 4.38. The van der Waals surface area contributed by atoms with E-state index in [1.54, 1.807) is 0 Å². The lowest BCUT2D eigenvalue weighted by Gasteiger charge is -2.26. The molecule has 0 aliphatic carbocycles. The van der Waals surface area contributed by atoms with Crippen LogP contribution in [0.2, 0.25) is 0 Å². The normalized spacial score (nSPS) is 10.8. The number of pyridine rings is 1. The second-order valence-electron chi connectivity index (χ2n) is 7.53. The smallest absolute Gasteiger partial charge is 0.0494 e. The number of nitrogens with zero attached hydrogens (tertiary/aromatic N) is 2. The third-order valence-electron chi connectivity index (χ3n) is 5.17. The maximum absolute atomic E-state index is 4.38. The maximum Gasteiger partial charge on any atom is 0.0494 e. The predicted octanol–water partition coefficient (Wildman–Crippen LogP) is 7.55. The average Bonchev–Trinajstić information content (AvgIpc) is 2.73. The lowest BCUT2D eigenvalue weighted by atomic mass is 10.1.